The highest BCUT2D eigenvalue weighted by molar-refractivity contribution is 7.00. The number of hydrogen-bond acceptors (Lipinski definition) is 3. The number of anilines is 8. The van der Waals surface area contributed by atoms with Gasteiger partial charge in [-0.15, -0.1) is 0 Å². The third-order valence-corrected chi connectivity index (χ3v) is 17.7. The zero-order valence-electron chi connectivity index (χ0n) is 42.0. The van der Waals surface area contributed by atoms with Crippen LogP contribution in [0, 0.1) is 0 Å². The van der Waals surface area contributed by atoms with Crippen LogP contribution in [0.3, 0.4) is 0 Å². The third kappa shape index (κ3) is 5.75. The lowest BCUT2D eigenvalue weighted by molar-refractivity contribution is 0.133. The van der Waals surface area contributed by atoms with Gasteiger partial charge in [0.1, 0.15) is 0 Å². The third-order valence-electron chi connectivity index (χ3n) is 17.7. The summed E-state index contributed by atoms with van der Waals surface area (Å²) in [5.41, 5.74) is 25.5. The molecule has 1 saturated carbocycles. The Bertz CT molecular complexity index is 3460. The normalized spacial score (nSPS) is 20.0. The van der Waals surface area contributed by atoms with Gasteiger partial charge in [0.25, 0.3) is 6.71 Å². The highest BCUT2D eigenvalue weighted by atomic mass is 15.3. The molecule has 1 aliphatic carbocycles. The number of fused-ring (bicyclic) bond motifs is 12. The van der Waals surface area contributed by atoms with E-state index < -0.39 is 0 Å². The Morgan fingerprint density at radius 2 is 1.00 bits per heavy atom. The van der Waals surface area contributed by atoms with Gasteiger partial charge in [-0.3, -0.25) is 0 Å². The lowest BCUT2D eigenvalue weighted by Crippen LogP contribution is -2.62. The van der Waals surface area contributed by atoms with E-state index in [4.69, 9.17) is 0 Å². The molecule has 8 aromatic carbocycles. The first kappa shape index (κ1) is 42.3. The number of para-hydroxylation sites is 2. The summed E-state index contributed by atoms with van der Waals surface area (Å²) in [7, 11) is 0. The quantitative estimate of drug-likeness (QED) is 0.164. The molecule has 5 aliphatic rings. The molecule has 13 rings (SSSR count). The van der Waals surface area contributed by atoms with Crippen molar-refractivity contribution < 1.29 is 0 Å². The fraction of sp³-hybridized carbons (Fsp3) is 0.262. The first-order valence-electron chi connectivity index (χ1n) is 25.3. The largest absolute Gasteiger partial charge is 0.334 e. The van der Waals surface area contributed by atoms with Crippen LogP contribution >= 0.6 is 0 Å². The lowest BCUT2D eigenvalue weighted by atomic mass is 9.33. The van der Waals surface area contributed by atoms with E-state index in [1.54, 1.807) is 0 Å². The minimum Gasteiger partial charge on any atom is -0.334 e. The summed E-state index contributed by atoms with van der Waals surface area (Å²) in [6.45, 7) is 23.9. The van der Waals surface area contributed by atoms with E-state index in [-0.39, 0.29) is 33.9 Å². The molecule has 0 radical (unpaired) electrons. The van der Waals surface area contributed by atoms with Gasteiger partial charge in [0.15, 0.2) is 0 Å². The zero-order chi connectivity index (χ0) is 47.6. The molecule has 8 aromatic rings. The topological polar surface area (TPSA) is 9.72 Å². The smallest absolute Gasteiger partial charge is 0.252 e. The van der Waals surface area contributed by atoms with Gasteiger partial charge in [0.2, 0.25) is 0 Å². The van der Waals surface area contributed by atoms with Crippen LogP contribution in [0.1, 0.15) is 110 Å². The standard InChI is InChI=1S/C65H62BN3/c1-61(2,3)42-29-32-53(47(36-42)41-20-12-11-13-21-41)67-56-27-19-17-25-51(56)66-52-31-28-44-38-57(52)68(54-33-30-43(62(4,5)6)37-48(54)46-22-14-15-23-49(46)63(44,7)8)59-40-45(39-58(67)60(59)66)69-55-26-18-16-24-50(55)64(9)34-35-65(64,69)10/h11-33,36-40H,34-35H2,1-10H3. The van der Waals surface area contributed by atoms with Crippen molar-refractivity contribution in [3.8, 4) is 22.3 Å². The van der Waals surface area contributed by atoms with Gasteiger partial charge in [0, 0.05) is 56.1 Å². The Morgan fingerprint density at radius 1 is 0.435 bits per heavy atom. The molecule has 69 heavy (non-hydrogen) atoms. The van der Waals surface area contributed by atoms with Crippen LogP contribution in [0.2, 0.25) is 0 Å². The summed E-state index contributed by atoms with van der Waals surface area (Å²) in [5.74, 6) is 0. The Kier molecular flexibility index (Phi) is 8.69. The first-order chi connectivity index (χ1) is 33.0. The van der Waals surface area contributed by atoms with Crippen LogP contribution in [-0.4, -0.2) is 12.3 Å². The van der Waals surface area contributed by atoms with Crippen LogP contribution < -0.4 is 31.1 Å². The van der Waals surface area contributed by atoms with Crippen LogP contribution in [-0.2, 0) is 21.7 Å². The molecule has 0 spiro atoms. The summed E-state index contributed by atoms with van der Waals surface area (Å²) < 4.78 is 0. The summed E-state index contributed by atoms with van der Waals surface area (Å²) in [6, 6.07) is 66.1. The maximum atomic E-state index is 2.75. The van der Waals surface area contributed by atoms with E-state index in [1.165, 1.54) is 118 Å². The molecule has 3 nitrogen and oxygen atoms in total. The fourth-order valence-electron chi connectivity index (χ4n) is 13.3. The molecular weight excluding hydrogens is 834 g/mol. The SMILES string of the molecule is CC(C)(C)c1ccc(N2c3ccccc3B3c4ccc5cc4N(c4ccc(C(C)(C)C)cc4-c4ccccc4C5(C)C)c4cc(N5c6ccccc6C6(C)CCC56C)cc2c43)c(-c2ccccc2)c1. The lowest BCUT2D eigenvalue weighted by Gasteiger charge is -2.56. The Hall–Kier alpha value is -6.78. The van der Waals surface area contributed by atoms with Gasteiger partial charge in [-0.25, -0.2) is 0 Å². The van der Waals surface area contributed by atoms with E-state index in [9.17, 15) is 0 Å². The summed E-state index contributed by atoms with van der Waals surface area (Å²) in [6.07, 6.45) is 2.31. The van der Waals surface area contributed by atoms with Crippen molar-refractivity contribution in [2.75, 3.05) is 14.7 Å². The van der Waals surface area contributed by atoms with Crippen molar-refractivity contribution in [1.82, 2.24) is 0 Å². The number of nitrogens with zero attached hydrogens (tertiary/aromatic N) is 3. The van der Waals surface area contributed by atoms with Crippen molar-refractivity contribution in [1.29, 1.82) is 0 Å². The summed E-state index contributed by atoms with van der Waals surface area (Å²) in [5, 5.41) is 0. The van der Waals surface area contributed by atoms with E-state index in [2.05, 4.69) is 254 Å². The zero-order valence-corrected chi connectivity index (χ0v) is 42.0. The van der Waals surface area contributed by atoms with Gasteiger partial charge in [-0.05, 0) is 141 Å². The van der Waals surface area contributed by atoms with E-state index >= 15 is 0 Å². The highest BCUT2D eigenvalue weighted by Crippen LogP contribution is 2.66. The highest BCUT2D eigenvalue weighted by Gasteiger charge is 2.63. The van der Waals surface area contributed by atoms with Crippen LogP contribution in [0.15, 0.2) is 170 Å². The predicted molar refractivity (Wildman–Crippen MR) is 294 cm³/mol. The molecule has 0 saturated heterocycles. The molecule has 340 valence electrons. The number of benzene rings is 8. The van der Waals surface area contributed by atoms with Crippen LogP contribution in [0.25, 0.3) is 22.3 Å². The number of hydrogen-bond donors (Lipinski definition) is 0. The molecule has 1 fully saturated rings. The molecule has 2 atom stereocenters. The van der Waals surface area contributed by atoms with E-state index in [0.717, 1.165) is 6.42 Å². The monoisotopic (exact) mass is 896 g/mol. The summed E-state index contributed by atoms with van der Waals surface area (Å²) >= 11 is 0. The molecule has 4 heteroatoms. The maximum absolute atomic E-state index is 2.75. The molecule has 0 amide bonds. The Morgan fingerprint density at radius 3 is 1.67 bits per heavy atom. The molecule has 0 N–H and O–H groups in total. The second-order valence-electron chi connectivity index (χ2n) is 23.8. The first-order valence-corrected chi connectivity index (χ1v) is 25.3. The van der Waals surface area contributed by atoms with E-state index in [0.29, 0.717) is 0 Å². The summed E-state index contributed by atoms with van der Waals surface area (Å²) in [4.78, 5) is 8.08. The molecule has 0 aromatic heterocycles. The van der Waals surface area contributed by atoms with Gasteiger partial charge >= 0.3 is 0 Å². The molecular formula is C65H62BN3. The molecule has 2 bridgehead atoms. The second-order valence-corrected chi connectivity index (χ2v) is 23.8. The Labute approximate surface area is 410 Å². The van der Waals surface area contributed by atoms with Crippen molar-refractivity contribution in [2.24, 2.45) is 0 Å². The fourth-order valence-corrected chi connectivity index (χ4v) is 13.3. The molecule has 2 unspecified atom stereocenters. The van der Waals surface area contributed by atoms with Crippen LogP contribution in [0.4, 0.5) is 45.5 Å². The van der Waals surface area contributed by atoms with Gasteiger partial charge in [-0.1, -0.05) is 178 Å². The van der Waals surface area contributed by atoms with Crippen molar-refractivity contribution in [2.45, 2.75) is 109 Å². The molecule has 4 heterocycles. The predicted octanol–water partition coefficient (Wildman–Crippen LogP) is 15.3. The average Bonchev–Trinajstić information content (AvgIpc) is 3.48. The van der Waals surface area contributed by atoms with Crippen molar-refractivity contribution in [3.05, 3.63) is 198 Å². The Balaban J connectivity index is 1.18. The number of rotatable bonds is 3. The van der Waals surface area contributed by atoms with E-state index in [1.807, 2.05) is 0 Å². The maximum Gasteiger partial charge on any atom is 0.252 e. The average molecular weight is 896 g/mol. The second kappa shape index (κ2) is 14.2. The van der Waals surface area contributed by atoms with Gasteiger partial charge in [0.05, 0.1) is 16.9 Å². The van der Waals surface area contributed by atoms with Gasteiger partial charge < -0.3 is 14.7 Å². The van der Waals surface area contributed by atoms with Crippen molar-refractivity contribution in [3.63, 3.8) is 0 Å². The minimum atomic E-state index is -0.263. The van der Waals surface area contributed by atoms with Gasteiger partial charge in [-0.2, -0.15) is 0 Å². The van der Waals surface area contributed by atoms with Crippen molar-refractivity contribution >= 4 is 68.6 Å². The minimum absolute atomic E-state index is 0.00443. The van der Waals surface area contributed by atoms with Crippen LogP contribution in [0.5, 0.6) is 0 Å². The molecule has 4 aliphatic heterocycles.